The Balaban J connectivity index is 3.54. The van der Waals surface area contributed by atoms with Crippen LogP contribution in [0.1, 0.15) is 17.6 Å². The molecular weight excluding hydrogens is 317 g/mol. The number of nitro benzene ring substituents is 1. The molecule has 0 aliphatic carbocycles. The van der Waals surface area contributed by atoms with Gasteiger partial charge in [-0.2, -0.15) is 13.2 Å². The van der Waals surface area contributed by atoms with Crippen molar-refractivity contribution in [3.05, 3.63) is 37.8 Å². The van der Waals surface area contributed by atoms with Crippen LogP contribution in [0.4, 0.5) is 27.6 Å². The Hall–Kier alpha value is -1.25. The summed E-state index contributed by atoms with van der Waals surface area (Å²) in [5.41, 5.74) is -3.92. The van der Waals surface area contributed by atoms with E-state index in [2.05, 4.69) is 15.9 Å². The van der Waals surface area contributed by atoms with Gasteiger partial charge in [-0.1, -0.05) is 0 Å². The first-order chi connectivity index (χ1) is 7.64. The lowest BCUT2D eigenvalue weighted by atomic mass is 10.1. The lowest BCUT2D eigenvalue weighted by Crippen LogP contribution is -2.10. The summed E-state index contributed by atoms with van der Waals surface area (Å²) in [4.78, 5) is 9.31. The minimum atomic E-state index is -5.07. The van der Waals surface area contributed by atoms with E-state index >= 15 is 0 Å². The topological polar surface area (TPSA) is 43.1 Å². The third kappa shape index (κ3) is 2.90. The molecule has 0 N–H and O–H groups in total. The molecule has 0 saturated carbocycles. The van der Waals surface area contributed by atoms with Gasteiger partial charge < -0.3 is 0 Å². The Morgan fingerprint density at radius 1 is 1.29 bits per heavy atom. The molecule has 1 rings (SSSR count). The van der Waals surface area contributed by atoms with E-state index in [0.717, 1.165) is 0 Å². The molecule has 0 amide bonds. The Morgan fingerprint density at radius 3 is 2.18 bits per heavy atom. The summed E-state index contributed by atoms with van der Waals surface area (Å²) >= 11 is 2.57. The van der Waals surface area contributed by atoms with E-state index in [1.54, 1.807) is 0 Å². The van der Waals surface area contributed by atoms with Gasteiger partial charge in [-0.3, -0.25) is 10.1 Å². The number of nitrogens with zero attached hydrogens (tertiary/aromatic N) is 1. The van der Waals surface area contributed by atoms with Gasteiger partial charge >= 0.3 is 6.18 Å². The van der Waals surface area contributed by atoms with Gasteiger partial charge in [0.15, 0.2) is 0 Å². The van der Waals surface area contributed by atoms with Crippen molar-refractivity contribution in [3.63, 3.8) is 0 Å². The van der Waals surface area contributed by atoms with E-state index in [0.29, 0.717) is 6.07 Å². The zero-order chi connectivity index (χ0) is 13.4. The highest BCUT2D eigenvalue weighted by Gasteiger charge is 2.38. The van der Waals surface area contributed by atoms with E-state index in [4.69, 9.17) is 0 Å². The summed E-state index contributed by atoms with van der Waals surface area (Å²) in [6, 6.07) is 0.497. The Morgan fingerprint density at radius 2 is 1.82 bits per heavy atom. The molecule has 0 bridgehead atoms. The number of halogens is 6. The Bertz CT molecular complexity index is 460. The van der Waals surface area contributed by atoms with Gasteiger partial charge in [0.05, 0.1) is 15.0 Å². The molecule has 0 saturated heterocycles. The first-order valence-corrected chi connectivity index (χ1v) is 4.77. The molecule has 0 aliphatic rings. The van der Waals surface area contributed by atoms with E-state index in [1.807, 2.05) is 0 Å². The van der Waals surface area contributed by atoms with E-state index in [-0.39, 0.29) is 6.07 Å². The Kier molecular flexibility index (Phi) is 3.70. The summed E-state index contributed by atoms with van der Waals surface area (Å²) in [5, 5.41) is 10.4. The third-order valence-corrected chi connectivity index (χ3v) is 2.49. The predicted octanol–water partition coefficient (Wildman–Crippen LogP) is 4.31. The molecule has 94 valence electrons. The SMILES string of the molecule is O=[N+]([O-])c1cc(C(F)(F)F)c(C(F)F)cc1Br. The van der Waals surface area contributed by atoms with Gasteiger partial charge in [0.2, 0.25) is 0 Å². The summed E-state index contributed by atoms with van der Waals surface area (Å²) in [6.07, 6.45) is -8.44. The van der Waals surface area contributed by atoms with Crippen molar-refractivity contribution in [2.24, 2.45) is 0 Å². The fourth-order valence-corrected chi connectivity index (χ4v) is 1.65. The highest BCUT2D eigenvalue weighted by atomic mass is 79.9. The number of benzene rings is 1. The molecule has 1 aromatic carbocycles. The van der Waals surface area contributed by atoms with Crippen molar-refractivity contribution in [1.82, 2.24) is 0 Å². The Labute approximate surface area is 99.5 Å². The largest absolute Gasteiger partial charge is 0.417 e. The van der Waals surface area contributed by atoms with Crippen molar-refractivity contribution in [3.8, 4) is 0 Å². The van der Waals surface area contributed by atoms with Crippen LogP contribution in [0.3, 0.4) is 0 Å². The molecule has 0 heterocycles. The van der Waals surface area contributed by atoms with Crippen LogP contribution in [0, 0.1) is 10.1 Å². The number of hydrogen-bond acceptors (Lipinski definition) is 2. The summed E-state index contributed by atoms with van der Waals surface area (Å²) < 4.78 is 61.6. The maximum absolute atomic E-state index is 12.4. The molecule has 17 heavy (non-hydrogen) atoms. The maximum Gasteiger partial charge on any atom is 0.417 e. The van der Waals surface area contributed by atoms with Crippen molar-refractivity contribution in [2.75, 3.05) is 0 Å². The third-order valence-electron chi connectivity index (χ3n) is 1.86. The van der Waals surface area contributed by atoms with Crippen LogP contribution in [0.5, 0.6) is 0 Å². The minimum absolute atomic E-state index is 0.0889. The highest BCUT2D eigenvalue weighted by molar-refractivity contribution is 9.10. The quantitative estimate of drug-likeness (QED) is 0.463. The first kappa shape index (κ1) is 13.8. The lowest BCUT2D eigenvalue weighted by molar-refractivity contribution is -0.385. The van der Waals surface area contributed by atoms with Crippen molar-refractivity contribution < 1.29 is 26.9 Å². The fourth-order valence-electron chi connectivity index (χ4n) is 1.14. The van der Waals surface area contributed by atoms with Gasteiger partial charge in [-0.25, -0.2) is 8.78 Å². The smallest absolute Gasteiger partial charge is 0.258 e. The number of nitro groups is 1. The monoisotopic (exact) mass is 319 g/mol. The van der Waals surface area contributed by atoms with Gasteiger partial charge in [0, 0.05) is 11.6 Å². The lowest BCUT2D eigenvalue weighted by Gasteiger charge is -2.12. The zero-order valence-corrected chi connectivity index (χ0v) is 9.35. The van der Waals surface area contributed by atoms with Crippen LogP contribution in [0.25, 0.3) is 0 Å². The molecule has 1 aromatic rings. The number of hydrogen-bond donors (Lipinski definition) is 0. The van der Waals surface area contributed by atoms with Crippen LogP contribution >= 0.6 is 15.9 Å². The molecule has 0 atom stereocenters. The molecule has 0 spiro atoms. The van der Waals surface area contributed by atoms with Crippen molar-refractivity contribution >= 4 is 21.6 Å². The normalized spacial score (nSPS) is 11.9. The molecule has 0 aliphatic heterocycles. The van der Waals surface area contributed by atoms with E-state index in [9.17, 15) is 32.1 Å². The minimum Gasteiger partial charge on any atom is -0.258 e. The van der Waals surface area contributed by atoms with Crippen LogP contribution < -0.4 is 0 Å². The van der Waals surface area contributed by atoms with Crippen molar-refractivity contribution in [2.45, 2.75) is 12.6 Å². The van der Waals surface area contributed by atoms with Gasteiger partial charge in [0.1, 0.15) is 0 Å². The predicted molar refractivity (Wildman–Crippen MR) is 50.8 cm³/mol. The molecule has 0 radical (unpaired) electrons. The second-order valence-electron chi connectivity index (χ2n) is 2.95. The average molecular weight is 320 g/mol. The van der Waals surface area contributed by atoms with Gasteiger partial charge in [-0.05, 0) is 22.0 Å². The van der Waals surface area contributed by atoms with E-state index < -0.39 is 38.8 Å². The summed E-state index contributed by atoms with van der Waals surface area (Å²) in [5.74, 6) is 0. The first-order valence-electron chi connectivity index (χ1n) is 3.97. The number of rotatable bonds is 2. The van der Waals surface area contributed by atoms with E-state index in [1.165, 1.54) is 0 Å². The molecular formula is C8H3BrF5NO2. The number of alkyl halides is 5. The second-order valence-corrected chi connectivity index (χ2v) is 3.80. The second kappa shape index (κ2) is 4.55. The summed E-state index contributed by atoms with van der Waals surface area (Å²) in [6.45, 7) is 0. The molecule has 0 unspecified atom stereocenters. The average Bonchev–Trinajstić information content (AvgIpc) is 2.14. The molecule has 0 fully saturated rings. The van der Waals surface area contributed by atoms with Crippen LogP contribution in [-0.4, -0.2) is 4.92 Å². The van der Waals surface area contributed by atoms with Crippen LogP contribution in [0.2, 0.25) is 0 Å². The van der Waals surface area contributed by atoms with Gasteiger partial charge in [-0.15, -0.1) is 0 Å². The van der Waals surface area contributed by atoms with Crippen molar-refractivity contribution in [1.29, 1.82) is 0 Å². The standard InChI is InChI=1S/C8H3BrF5NO2/c9-5-1-3(7(10)11)4(8(12,13)14)2-6(5)15(16)17/h1-2,7H. The maximum atomic E-state index is 12.4. The summed E-state index contributed by atoms with van der Waals surface area (Å²) in [7, 11) is 0. The van der Waals surface area contributed by atoms with Gasteiger partial charge in [0.25, 0.3) is 12.1 Å². The van der Waals surface area contributed by atoms with Crippen LogP contribution in [-0.2, 0) is 6.18 Å². The zero-order valence-electron chi connectivity index (χ0n) is 7.76. The molecule has 0 aromatic heterocycles. The molecule has 9 heteroatoms. The molecule has 3 nitrogen and oxygen atoms in total. The van der Waals surface area contributed by atoms with Crippen LogP contribution in [0.15, 0.2) is 16.6 Å². The fraction of sp³-hybridized carbons (Fsp3) is 0.250. The highest BCUT2D eigenvalue weighted by Crippen LogP contribution is 2.41.